The predicted molar refractivity (Wildman–Crippen MR) is 50.2 cm³/mol. The Kier molecular flexibility index (Phi) is 2.22. The van der Waals surface area contributed by atoms with Gasteiger partial charge in [-0.05, 0) is 18.2 Å². The van der Waals surface area contributed by atoms with Crippen LogP contribution >= 0.6 is 0 Å². The van der Waals surface area contributed by atoms with Crippen molar-refractivity contribution in [2.75, 3.05) is 5.32 Å². The Morgan fingerprint density at radius 3 is 2.77 bits per heavy atom. The second-order valence-electron chi connectivity index (χ2n) is 2.62. The lowest BCUT2D eigenvalue weighted by molar-refractivity contribution is 1.02. The summed E-state index contributed by atoms with van der Waals surface area (Å²) >= 11 is 0. The van der Waals surface area contributed by atoms with Gasteiger partial charge in [0.15, 0.2) is 0 Å². The van der Waals surface area contributed by atoms with Crippen molar-refractivity contribution in [2.45, 2.75) is 6.54 Å². The van der Waals surface area contributed by atoms with Gasteiger partial charge in [0.05, 0.1) is 6.54 Å². The molecule has 66 valence electrons. The summed E-state index contributed by atoms with van der Waals surface area (Å²) in [6.07, 6.45) is 5.32. The molecule has 0 amide bonds. The van der Waals surface area contributed by atoms with Crippen molar-refractivity contribution in [1.29, 1.82) is 0 Å². The molecule has 0 aromatic carbocycles. The van der Waals surface area contributed by atoms with Crippen LogP contribution in [0.2, 0.25) is 0 Å². The highest BCUT2D eigenvalue weighted by Gasteiger charge is 1.93. The second-order valence-corrected chi connectivity index (χ2v) is 2.62. The lowest BCUT2D eigenvalue weighted by Gasteiger charge is -2.00. The van der Waals surface area contributed by atoms with Crippen LogP contribution in [0.25, 0.3) is 0 Å². The van der Waals surface area contributed by atoms with E-state index in [9.17, 15) is 0 Å². The maximum atomic E-state index is 4.04. The number of H-pyrrole nitrogens is 1. The van der Waals surface area contributed by atoms with Gasteiger partial charge in [-0.3, -0.25) is 0 Å². The van der Waals surface area contributed by atoms with Crippen LogP contribution in [0.15, 0.2) is 36.8 Å². The molecule has 0 saturated heterocycles. The quantitative estimate of drug-likeness (QED) is 0.739. The van der Waals surface area contributed by atoms with Gasteiger partial charge in [-0.25, -0.2) is 9.97 Å². The second kappa shape index (κ2) is 3.71. The molecule has 0 aliphatic rings. The van der Waals surface area contributed by atoms with Crippen molar-refractivity contribution in [1.82, 2.24) is 15.0 Å². The first-order valence-electron chi connectivity index (χ1n) is 4.08. The van der Waals surface area contributed by atoms with E-state index in [0.717, 1.165) is 12.2 Å². The van der Waals surface area contributed by atoms with Gasteiger partial charge < -0.3 is 10.3 Å². The van der Waals surface area contributed by atoms with Gasteiger partial charge in [0.1, 0.15) is 0 Å². The molecule has 0 atom stereocenters. The Morgan fingerprint density at radius 2 is 2.08 bits per heavy atom. The highest BCUT2D eigenvalue weighted by Crippen LogP contribution is 1.99. The van der Waals surface area contributed by atoms with Crippen LogP contribution in [-0.2, 0) is 6.54 Å². The van der Waals surface area contributed by atoms with E-state index in [1.807, 2.05) is 18.3 Å². The Morgan fingerprint density at radius 1 is 1.23 bits per heavy atom. The minimum absolute atomic E-state index is 0.650. The number of anilines is 1. The SMILES string of the molecule is c1cnc(NCc2ccc[nH]2)nc1. The number of nitrogens with zero attached hydrogens (tertiary/aromatic N) is 2. The fourth-order valence-corrected chi connectivity index (χ4v) is 1.04. The van der Waals surface area contributed by atoms with Crippen molar-refractivity contribution < 1.29 is 0 Å². The molecule has 4 heteroatoms. The van der Waals surface area contributed by atoms with Crippen LogP contribution in [0.3, 0.4) is 0 Å². The fraction of sp³-hybridized carbons (Fsp3) is 0.111. The van der Waals surface area contributed by atoms with Crippen LogP contribution in [0.4, 0.5) is 5.95 Å². The van der Waals surface area contributed by atoms with E-state index in [1.165, 1.54) is 0 Å². The Balaban J connectivity index is 1.94. The number of rotatable bonds is 3. The number of nitrogens with one attached hydrogen (secondary N) is 2. The zero-order valence-electron chi connectivity index (χ0n) is 7.07. The van der Waals surface area contributed by atoms with E-state index in [4.69, 9.17) is 0 Å². The van der Waals surface area contributed by atoms with Crippen LogP contribution in [0, 0.1) is 0 Å². The van der Waals surface area contributed by atoms with E-state index in [-0.39, 0.29) is 0 Å². The summed E-state index contributed by atoms with van der Waals surface area (Å²) in [6.45, 7) is 0.719. The van der Waals surface area contributed by atoms with Crippen molar-refractivity contribution in [3.63, 3.8) is 0 Å². The van der Waals surface area contributed by atoms with Crippen molar-refractivity contribution >= 4 is 5.95 Å². The first-order valence-corrected chi connectivity index (χ1v) is 4.08. The minimum Gasteiger partial charge on any atom is -0.364 e. The Bertz CT molecular complexity index is 341. The van der Waals surface area contributed by atoms with Crippen molar-refractivity contribution in [3.05, 3.63) is 42.5 Å². The van der Waals surface area contributed by atoms with Gasteiger partial charge in [-0.15, -0.1) is 0 Å². The topological polar surface area (TPSA) is 53.6 Å². The summed E-state index contributed by atoms with van der Waals surface area (Å²) in [5.74, 6) is 0.650. The third-order valence-electron chi connectivity index (χ3n) is 1.67. The zero-order chi connectivity index (χ0) is 8.93. The standard InChI is InChI=1S/C9H10N4/c1-3-8(10-4-1)7-13-9-11-5-2-6-12-9/h1-6,10H,7H2,(H,11,12,13). The molecule has 2 heterocycles. The number of aromatic amines is 1. The molecule has 2 rings (SSSR count). The Hall–Kier alpha value is -1.84. The summed E-state index contributed by atoms with van der Waals surface area (Å²) in [5.41, 5.74) is 1.12. The average molecular weight is 174 g/mol. The molecule has 0 unspecified atom stereocenters. The van der Waals surface area contributed by atoms with Gasteiger partial charge in [0.25, 0.3) is 0 Å². The molecule has 0 aliphatic heterocycles. The molecule has 2 aromatic rings. The van der Waals surface area contributed by atoms with Crippen LogP contribution < -0.4 is 5.32 Å². The Labute approximate surface area is 76.1 Å². The molecule has 0 radical (unpaired) electrons. The van der Waals surface area contributed by atoms with E-state index in [0.29, 0.717) is 5.95 Å². The number of hydrogen-bond acceptors (Lipinski definition) is 3. The van der Waals surface area contributed by atoms with E-state index in [2.05, 4.69) is 20.3 Å². The first-order chi connectivity index (χ1) is 6.45. The fourth-order valence-electron chi connectivity index (χ4n) is 1.04. The van der Waals surface area contributed by atoms with Crippen molar-refractivity contribution in [3.8, 4) is 0 Å². The molecule has 2 N–H and O–H groups in total. The minimum atomic E-state index is 0.650. The molecule has 0 aliphatic carbocycles. The van der Waals surface area contributed by atoms with Gasteiger partial charge in [0, 0.05) is 24.3 Å². The van der Waals surface area contributed by atoms with Gasteiger partial charge in [-0.1, -0.05) is 0 Å². The summed E-state index contributed by atoms with van der Waals surface area (Å²) in [6, 6.07) is 5.76. The molecular weight excluding hydrogens is 164 g/mol. The largest absolute Gasteiger partial charge is 0.364 e. The van der Waals surface area contributed by atoms with Crippen LogP contribution in [-0.4, -0.2) is 15.0 Å². The first kappa shape index (κ1) is 7.79. The molecule has 0 fully saturated rings. The lowest BCUT2D eigenvalue weighted by atomic mass is 10.4. The van der Waals surface area contributed by atoms with Crippen LogP contribution in [0.5, 0.6) is 0 Å². The maximum absolute atomic E-state index is 4.04. The lowest BCUT2D eigenvalue weighted by Crippen LogP contribution is -2.02. The van der Waals surface area contributed by atoms with E-state index >= 15 is 0 Å². The zero-order valence-corrected chi connectivity index (χ0v) is 7.07. The highest BCUT2D eigenvalue weighted by atomic mass is 15.1. The average Bonchev–Trinajstić information content (AvgIpc) is 2.69. The van der Waals surface area contributed by atoms with Gasteiger partial charge in [0.2, 0.25) is 5.95 Å². The molecule has 2 aromatic heterocycles. The monoisotopic (exact) mass is 174 g/mol. The van der Waals surface area contributed by atoms with Crippen molar-refractivity contribution in [2.24, 2.45) is 0 Å². The smallest absolute Gasteiger partial charge is 0.222 e. The third-order valence-corrected chi connectivity index (χ3v) is 1.67. The maximum Gasteiger partial charge on any atom is 0.222 e. The predicted octanol–water partition coefficient (Wildman–Crippen LogP) is 1.42. The van der Waals surface area contributed by atoms with E-state index in [1.54, 1.807) is 18.5 Å². The summed E-state index contributed by atoms with van der Waals surface area (Å²) < 4.78 is 0. The number of hydrogen-bond donors (Lipinski definition) is 2. The van der Waals surface area contributed by atoms with Gasteiger partial charge >= 0.3 is 0 Å². The summed E-state index contributed by atoms with van der Waals surface area (Å²) in [4.78, 5) is 11.2. The molecule has 13 heavy (non-hydrogen) atoms. The highest BCUT2D eigenvalue weighted by molar-refractivity contribution is 5.23. The molecular formula is C9H10N4. The molecule has 0 saturated carbocycles. The number of aromatic nitrogens is 3. The molecule has 4 nitrogen and oxygen atoms in total. The van der Waals surface area contributed by atoms with Crippen LogP contribution in [0.1, 0.15) is 5.69 Å². The summed E-state index contributed by atoms with van der Waals surface area (Å²) in [7, 11) is 0. The van der Waals surface area contributed by atoms with Gasteiger partial charge in [-0.2, -0.15) is 0 Å². The third kappa shape index (κ3) is 2.05. The molecule has 0 spiro atoms. The summed E-state index contributed by atoms with van der Waals surface area (Å²) in [5, 5.41) is 3.09. The van der Waals surface area contributed by atoms with E-state index < -0.39 is 0 Å². The normalized spacial score (nSPS) is 9.85. The molecule has 0 bridgehead atoms.